The van der Waals surface area contributed by atoms with Crippen molar-refractivity contribution in [1.29, 1.82) is 0 Å². The van der Waals surface area contributed by atoms with Crippen LogP contribution in [0.4, 0.5) is 15.0 Å². The highest BCUT2D eigenvalue weighted by atomic mass is 35.5. The Morgan fingerprint density at radius 2 is 2.21 bits per heavy atom. The SMILES string of the molecule is COc1nc2nc(SCc3cccc(Cl)c3F)nc(N[C@H](C)CNC(=O)O)c2s1. The second kappa shape index (κ2) is 9.42. The maximum absolute atomic E-state index is 14.1. The van der Waals surface area contributed by atoms with E-state index < -0.39 is 11.9 Å². The van der Waals surface area contributed by atoms with Crippen LogP contribution in [0.3, 0.4) is 0 Å². The van der Waals surface area contributed by atoms with Crippen molar-refractivity contribution in [3.05, 3.63) is 34.6 Å². The molecular weight excluding hydrogens is 441 g/mol. The normalized spacial score (nSPS) is 12.0. The van der Waals surface area contributed by atoms with Crippen LogP contribution in [-0.4, -0.2) is 45.8 Å². The number of thiazole rings is 1. The number of benzene rings is 1. The van der Waals surface area contributed by atoms with Gasteiger partial charge in [0.05, 0.1) is 12.1 Å². The molecule has 0 aliphatic rings. The molecule has 1 aromatic carbocycles. The number of ether oxygens (including phenoxy) is 1. The third-order valence-electron chi connectivity index (χ3n) is 3.72. The maximum atomic E-state index is 14.1. The maximum Gasteiger partial charge on any atom is 0.404 e. The third kappa shape index (κ3) is 5.37. The molecule has 1 atom stereocenters. The molecule has 0 radical (unpaired) electrons. The van der Waals surface area contributed by atoms with Crippen molar-refractivity contribution in [2.75, 3.05) is 19.0 Å². The lowest BCUT2D eigenvalue weighted by Gasteiger charge is -2.15. The molecule has 1 amide bonds. The third-order valence-corrected chi connectivity index (χ3v) is 5.92. The lowest BCUT2D eigenvalue weighted by atomic mass is 10.2. The minimum absolute atomic E-state index is 0.0609. The number of carboxylic acid groups (broad SMARTS) is 1. The Morgan fingerprint density at radius 1 is 1.41 bits per heavy atom. The van der Waals surface area contributed by atoms with Crippen molar-refractivity contribution >= 4 is 57.0 Å². The van der Waals surface area contributed by atoms with Gasteiger partial charge in [-0.3, -0.25) is 0 Å². The zero-order valence-electron chi connectivity index (χ0n) is 15.4. The number of nitrogens with zero attached hydrogens (tertiary/aromatic N) is 3. The summed E-state index contributed by atoms with van der Waals surface area (Å²) >= 11 is 8.35. The summed E-state index contributed by atoms with van der Waals surface area (Å²) in [6.45, 7) is 2.00. The molecule has 0 aliphatic heterocycles. The Balaban J connectivity index is 1.85. The number of nitrogens with one attached hydrogen (secondary N) is 2. The molecule has 0 saturated carbocycles. The van der Waals surface area contributed by atoms with Gasteiger partial charge in [-0.05, 0) is 18.6 Å². The van der Waals surface area contributed by atoms with Crippen molar-refractivity contribution in [1.82, 2.24) is 20.3 Å². The molecule has 0 unspecified atom stereocenters. The molecule has 12 heteroatoms. The topological polar surface area (TPSA) is 109 Å². The molecule has 2 heterocycles. The number of hydrogen-bond donors (Lipinski definition) is 3. The van der Waals surface area contributed by atoms with Crippen LogP contribution in [0.25, 0.3) is 10.3 Å². The summed E-state index contributed by atoms with van der Waals surface area (Å²) in [5.74, 6) is 0.323. The summed E-state index contributed by atoms with van der Waals surface area (Å²) in [7, 11) is 1.51. The van der Waals surface area contributed by atoms with Gasteiger partial charge in [0, 0.05) is 18.3 Å². The summed E-state index contributed by atoms with van der Waals surface area (Å²) in [5.41, 5.74) is 0.882. The van der Waals surface area contributed by atoms with Crippen LogP contribution < -0.4 is 15.4 Å². The smallest absolute Gasteiger partial charge is 0.404 e. The molecule has 0 spiro atoms. The van der Waals surface area contributed by atoms with E-state index in [2.05, 4.69) is 25.6 Å². The number of anilines is 1. The second-order valence-corrected chi connectivity index (χ2v) is 8.24. The van der Waals surface area contributed by atoms with Crippen LogP contribution in [0.2, 0.25) is 5.02 Å². The molecular formula is C17H17ClFN5O3S2. The molecule has 3 rings (SSSR count). The lowest BCUT2D eigenvalue weighted by molar-refractivity contribution is 0.194. The zero-order valence-corrected chi connectivity index (χ0v) is 17.8. The summed E-state index contributed by atoms with van der Waals surface area (Å²) < 4.78 is 20.0. The highest BCUT2D eigenvalue weighted by Gasteiger charge is 2.17. The Labute approximate surface area is 178 Å². The largest absolute Gasteiger partial charge is 0.473 e. The summed E-state index contributed by atoms with van der Waals surface area (Å²) in [6, 6.07) is 4.59. The Morgan fingerprint density at radius 3 is 2.93 bits per heavy atom. The predicted octanol–water partition coefficient (Wildman–Crippen LogP) is 4.25. The first-order valence-corrected chi connectivity index (χ1v) is 10.6. The Bertz CT molecular complexity index is 1040. The van der Waals surface area contributed by atoms with E-state index in [-0.39, 0.29) is 23.4 Å². The highest BCUT2D eigenvalue weighted by molar-refractivity contribution is 7.98. The first-order valence-electron chi connectivity index (χ1n) is 8.39. The summed E-state index contributed by atoms with van der Waals surface area (Å²) in [4.78, 5) is 23.9. The lowest BCUT2D eigenvalue weighted by Crippen LogP contribution is -2.33. The molecule has 3 aromatic rings. The van der Waals surface area contributed by atoms with Crippen molar-refractivity contribution in [2.24, 2.45) is 0 Å². The van der Waals surface area contributed by atoms with Crippen LogP contribution in [0.15, 0.2) is 23.4 Å². The van der Waals surface area contributed by atoms with E-state index >= 15 is 0 Å². The Hall–Kier alpha value is -2.37. The number of methoxy groups -OCH3 is 1. The molecule has 0 saturated heterocycles. The number of amides is 1. The number of aromatic nitrogens is 3. The number of hydrogen-bond acceptors (Lipinski definition) is 8. The average molecular weight is 458 g/mol. The summed E-state index contributed by atoms with van der Waals surface area (Å²) in [5, 5.41) is 15.1. The van der Waals surface area contributed by atoms with Crippen molar-refractivity contribution in [3.8, 4) is 5.19 Å². The van der Waals surface area contributed by atoms with Crippen LogP contribution >= 0.6 is 34.7 Å². The average Bonchev–Trinajstić information content (AvgIpc) is 3.11. The fourth-order valence-electron chi connectivity index (χ4n) is 2.36. The fourth-order valence-corrected chi connectivity index (χ4v) is 4.14. The molecule has 0 fully saturated rings. The molecule has 2 aromatic heterocycles. The van der Waals surface area contributed by atoms with E-state index in [0.29, 0.717) is 32.1 Å². The van der Waals surface area contributed by atoms with Crippen LogP contribution in [0, 0.1) is 5.82 Å². The molecule has 3 N–H and O–H groups in total. The predicted molar refractivity (Wildman–Crippen MR) is 112 cm³/mol. The number of halogens is 2. The van der Waals surface area contributed by atoms with Crippen molar-refractivity contribution < 1.29 is 19.0 Å². The van der Waals surface area contributed by atoms with E-state index in [1.165, 1.54) is 36.3 Å². The van der Waals surface area contributed by atoms with E-state index in [1.807, 2.05) is 6.92 Å². The number of thioether (sulfide) groups is 1. The molecule has 29 heavy (non-hydrogen) atoms. The number of carbonyl (C=O) groups is 1. The van der Waals surface area contributed by atoms with E-state index in [4.69, 9.17) is 21.4 Å². The van der Waals surface area contributed by atoms with Gasteiger partial charge in [0.25, 0.3) is 5.19 Å². The minimum atomic E-state index is -1.11. The van der Waals surface area contributed by atoms with Gasteiger partial charge in [-0.1, -0.05) is 46.8 Å². The van der Waals surface area contributed by atoms with Crippen LogP contribution in [-0.2, 0) is 5.75 Å². The van der Waals surface area contributed by atoms with Gasteiger partial charge in [-0.25, -0.2) is 19.2 Å². The molecule has 0 bridgehead atoms. The van der Waals surface area contributed by atoms with Crippen molar-refractivity contribution in [2.45, 2.75) is 23.9 Å². The molecule has 8 nitrogen and oxygen atoms in total. The van der Waals surface area contributed by atoms with E-state index in [9.17, 15) is 9.18 Å². The van der Waals surface area contributed by atoms with Gasteiger partial charge >= 0.3 is 6.09 Å². The standard InChI is InChI=1S/C17H17ClFN5O3S2/c1-8(6-20-16(25)26)21-13-12-14(24-17(27-2)29-12)23-15(22-13)28-7-9-4-3-5-10(18)11(9)19/h3-5,8,20H,6-7H2,1-2H3,(H,25,26)(H,21,22,23)/t8-/m1/s1. The summed E-state index contributed by atoms with van der Waals surface area (Å²) in [6.07, 6.45) is -1.11. The first-order chi connectivity index (χ1) is 13.9. The van der Waals surface area contributed by atoms with E-state index in [0.717, 1.165) is 0 Å². The quantitative estimate of drug-likeness (QED) is 0.340. The van der Waals surface area contributed by atoms with Crippen LogP contribution in [0.1, 0.15) is 12.5 Å². The second-order valence-electron chi connectivity index (χ2n) is 5.92. The van der Waals surface area contributed by atoms with E-state index in [1.54, 1.807) is 12.1 Å². The van der Waals surface area contributed by atoms with Gasteiger partial charge < -0.3 is 20.5 Å². The number of rotatable bonds is 8. The fraction of sp³-hybridized carbons (Fsp3) is 0.294. The molecule has 0 aliphatic carbocycles. The van der Waals surface area contributed by atoms with Crippen LogP contribution in [0.5, 0.6) is 5.19 Å². The van der Waals surface area contributed by atoms with Gasteiger partial charge in [-0.2, -0.15) is 4.98 Å². The van der Waals surface area contributed by atoms with Gasteiger partial charge in [0.15, 0.2) is 16.6 Å². The monoisotopic (exact) mass is 457 g/mol. The zero-order chi connectivity index (χ0) is 21.0. The molecule has 154 valence electrons. The first kappa shape index (κ1) is 21.3. The highest BCUT2D eigenvalue weighted by Crippen LogP contribution is 2.34. The Kier molecular flexibility index (Phi) is 6.93. The number of fused-ring (bicyclic) bond motifs is 1. The minimum Gasteiger partial charge on any atom is -0.473 e. The van der Waals surface area contributed by atoms with Gasteiger partial charge in [0.2, 0.25) is 0 Å². The van der Waals surface area contributed by atoms with Gasteiger partial charge in [0.1, 0.15) is 10.5 Å². The van der Waals surface area contributed by atoms with Gasteiger partial charge in [-0.15, -0.1) is 0 Å². The van der Waals surface area contributed by atoms with Crippen molar-refractivity contribution in [3.63, 3.8) is 0 Å².